The summed E-state index contributed by atoms with van der Waals surface area (Å²) in [4.78, 5) is 31.2. The van der Waals surface area contributed by atoms with E-state index in [1.54, 1.807) is 0 Å². The van der Waals surface area contributed by atoms with Gasteiger partial charge in [-0.25, -0.2) is 4.98 Å². The lowest BCUT2D eigenvalue weighted by Gasteiger charge is -2.16. The molecule has 2 fully saturated rings. The lowest BCUT2D eigenvalue weighted by molar-refractivity contribution is 0.0775. The zero-order chi connectivity index (χ0) is 11.8. The van der Waals surface area contributed by atoms with E-state index in [4.69, 9.17) is 0 Å². The highest BCUT2D eigenvalue weighted by Crippen LogP contribution is 2.26. The van der Waals surface area contributed by atoms with Crippen molar-refractivity contribution in [1.82, 2.24) is 20.2 Å². The third kappa shape index (κ3) is 1.84. The van der Waals surface area contributed by atoms with Gasteiger partial charge in [0.25, 0.3) is 11.5 Å². The van der Waals surface area contributed by atoms with Crippen molar-refractivity contribution < 1.29 is 4.79 Å². The molecule has 90 valence electrons. The van der Waals surface area contributed by atoms with Crippen molar-refractivity contribution in [3.05, 3.63) is 28.4 Å². The van der Waals surface area contributed by atoms with E-state index in [1.165, 1.54) is 6.20 Å². The van der Waals surface area contributed by atoms with Gasteiger partial charge in [-0.1, -0.05) is 0 Å². The van der Waals surface area contributed by atoms with Crippen molar-refractivity contribution in [2.45, 2.75) is 0 Å². The number of rotatable bonds is 1. The first-order valence-electron chi connectivity index (χ1n) is 5.79. The van der Waals surface area contributed by atoms with E-state index in [0.717, 1.165) is 32.4 Å². The number of fused-ring (bicyclic) bond motifs is 1. The van der Waals surface area contributed by atoms with Crippen LogP contribution in [0.3, 0.4) is 0 Å². The Balaban J connectivity index is 1.75. The Hall–Kier alpha value is -1.69. The zero-order valence-corrected chi connectivity index (χ0v) is 9.35. The van der Waals surface area contributed by atoms with Crippen LogP contribution in [0.15, 0.2) is 17.2 Å². The number of hydrogen-bond donors (Lipinski definition) is 2. The summed E-state index contributed by atoms with van der Waals surface area (Å²) in [7, 11) is 0. The predicted molar refractivity (Wildman–Crippen MR) is 60.6 cm³/mol. The van der Waals surface area contributed by atoms with E-state index >= 15 is 0 Å². The number of aromatic amines is 1. The number of nitrogens with one attached hydrogen (secondary N) is 2. The van der Waals surface area contributed by atoms with Crippen LogP contribution in [0, 0.1) is 11.8 Å². The van der Waals surface area contributed by atoms with Crippen LogP contribution in [0.25, 0.3) is 0 Å². The lowest BCUT2D eigenvalue weighted by atomic mass is 10.0. The molecule has 1 aromatic heterocycles. The number of aromatic nitrogens is 2. The lowest BCUT2D eigenvalue weighted by Crippen LogP contribution is -2.32. The van der Waals surface area contributed by atoms with Gasteiger partial charge >= 0.3 is 0 Å². The second-order valence-electron chi connectivity index (χ2n) is 4.68. The first-order chi connectivity index (χ1) is 8.24. The highest BCUT2D eigenvalue weighted by molar-refractivity contribution is 5.92. The number of carbonyl (C=O) groups excluding carboxylic acids is 1. The summed E-state index contributed by atoms with van der Waals surface area (Å²) in [5.74, 6) is 1.05. The van der Waals surface area contributed by atoms with Gasteiger partial charge in [0.15, 0.2) is 0 Å². The molecule has 3 heterocycles. The Morgan fingerprint density at radius 3 is 2.65 bits per heavy atom. The summed E-state index contributed by atoms with van der Waals surface area (Å²) in [5, 5.41) is 3.33. The molecular formula is C11H14N4O2. The number of likely N-dealkylation sites (tertiary alicyclic amines) is 1. The standard InChI is InChI=1S/C11H14N4O2/c16-10-4-13-9(3-14-10)11(17)15-5-7-1-12-2-8(7)6-15/h3-4,7-8,12H,1-2,5-6H2,(H,14,16)/t7-,8+. The molecule has 0 bridgehead atoms. The fraction of sp³-hybridized carbons (Fsp3) is 0.545. The highest BCUT2D eigenvalue weighted by Gasteiger charge is 2.38. The average molecular weight is 234 g/mol. The van der Waals surface area contributed by atoms with Crippen molar-refractivity contribution in [1.29, 1.82) is 0 Å². The van der Waals surface area contributed by atoms with E-state index < -0.39 is 0 Å². The Labute approximate surface area is 98.0 Å². The molecule has 0 unspecified atom stereocenters. The molecule has 17 heavy (non-hydrogen) atoms. The highest BCUT2D eigenvalue weighted by atomic mass is 16.2. The van der Waals surface area contributed by atoms with E-state index in [9.17, 15) is 9.59 Å². The molecule has 0 radical (unpaired) electrons. The van der Waals surface area contributed by atoms with Gasteiger partial charge in [0, 0.05) is 32.4 Å². The normalized spacial score (nSPS) is 27.2. The van der Waals surface area contributed by atoms with Crippen LogP contribution >= 0.6 is 0 Å². The van der Waals surface area contributed by atoms with Crippen molar-refractivity contribution in [2.75, 3.05) is 26.2 Å². The van der Waals surface area contributed by atoms with E-state index in [2.05, 4.69) is 15.3 Å². The van der Waals surface area contributed by atoms with E-state index in [0.29, 0.717) is 17.5 Å². The van der Waals surface area contributed by atoms with Crippen LogP contribution in [-0.4, -0.2) is 47.0 Å². The van der Waals surface area contributed by atoms with Crippen molar-refractivity contribution in [3.63, 3.8) is 0 Å². The molecular weight excluding hydrogens is 220 g/mol. The van der Waals surface area contributed by atoms with Crippen molar-refractivity contribution in [3.8, 4) is 0 Å². The maximum absolute atomic E-state index is 12.1. The third-order valence-corrected chi connectivity index (χ3v) is 3.57. The number of nitrogens with zero attached hydrogens (tertiary/aromatic N) is 2. The Kier molecular flexibility index (Phi) is 2.44. The fourth-order valence-corrected chi connectivity index (χ4v) is 2.64. The quantitative estimate of drug-likeness (QED) is 0.657. The first-order valence-corrected chi connectivity index (χ1v) is 5.79. The summed E-state index contributed by atoms with van der Waals surface area (Å²) in [6.45, 7) is 3.57. The SMILES string of the molecule is O=C(c1c[nH]c(=O)cn1)N1C[C@H]2CNC[C@H]2C1. The largest absolute Gasteiger partial charge is 0.337 e. The average Bonchev–Trinajstić information content (AvgIpc) is 2.89. The van der Waals surface area contributed by atoms with Crippen LogP contribution < -0.4 is 10.9 Å². The molecule has 0 aliphatic carbocycles. The number of hydrogen-bond acceptors (Lipinski definition) is 4. The second kappa shape index (κ2) is 3.96. The predicted octanol–water partition coefficient (Wildman–Crippen LogP) is -0.939. The molecule has 2 atom stereocenters. The van der Waals surface area contributed by atoms with E-state index in [1.807, 2.05) is 4.90 Å². The molecule has 6 heteroatoms. The maximum Gasteiger partial charge on any atom is 0.273 e. The second-order valence-corrected chi connectivity index (χ2v) is 4.68. The van der Waals surface area contributed by atoms with Gasteiger partial charge in [-0.3, -0.25) is 9.59 Å². The van der Waals surface area contributed by atoms with Crippen LogP contribution in [0.5, 0.6) is 0 Å². The third-order valence-electron chi connectivity index (χ3n) is 3.57. The minimum Gasteiger partial charge on any atom is -0.337 e. The molecule has 0 saturated carbocycles. The summed E-state index contributed by atoms with van der Waals surface area (Å²) >= 11 is 0. The molecule has 2 aliphatic rings. The first kappa shape index (κ1) is 10.5. The minimum atomic E-state index is -0.288. The van der Waals surface area contributed by atoms with Crippen molar-refractivity contribution >= 4 is 5.91 Å². The summed E-state index contributed by atoms with van der Waals surface area (Å²) in [5.41, 5.74) is 0.0292. The van der Waals surface area contributed by atoms with Gasteiger partial charge in [-0.2, -0.15) is 0 Å². The number of H-pyrrole nitrogens is 1. The molecule has 1 aromatic rings. The maximum atomic E-state index is 12.1. The molecule has 2 aliphatic heterocycles. The minimum absolute atomic E-state index is 0.0874. The fourth-order valence-electron chi connectivity index (χ4n) is 2.64. The molecule has 0 aromatic carbocycles. The molecule has 2 saturated heterocycles. The molecule has 0 spiro atoms. The van der Waals surface area contributed by atoms with Gasteiger partial charge in [-0.15, -0.1) is 0 Å². The Morgan fingerprint density at radius 1 is 1.35 bits per heavy atom. The number of carbonyl (C=O) groups is 1. The van der Waals surface area contributed by atoms with Gasteiger partial charge in [0.1, 0.15) is 5.69 Å². The van der Waals surface area contributed by atoms with Crippen LogP contribution in [-0.2, 0) is 0 Å². The van der Waals surface area contributed by atoms with Crippen LogP contribution in [0.4, 0.5) is 0 Å². The monoisotopic (exact) mass is 234 g/mol. The summed E-state index contributed by atoms with van der Waals surface area (Å²) in [6.07, 6.45) is 2.53. The Bertz CT molecular complexity index is 466. The summed E-state index contributed by atoms with van der Waals surface area (Å²) < 4.78 is 0. The van der Waals surface area contributed by atoms with Crippen LogP contribution in [0.2, 0.25) is 0 Å². The van der Waals surface area contributed by atoms with Crippen molar-refractivity contribution in [2.24, 2.45) is 11.8 Å². The molecule has 1 amide bonds. The number of amides is 1. The van der Waals surface area contributed by atoms with Gasteiger partial charge < -0.3 is 15.2 Å². The molecule has 6 nitrogen and oxygen atoms in total. The summed E-state index contributed by atoms with van der Waals surface area (Å²) in [6, 6.07) is 0. The van der Waals surface area contributed by atoms with Gasteiger partial charge in [0.05, 0.1) is 6.20 Å². The van der Waals surface area contributed by atoms with Gasteiger partial charge in [0.2, 0.25) is 0 Å². The molecule has 2 N–H and O–H groups in total. The molecule has 3 rings (SSSR count). The smallest absolute Gasteiger partial charge is 0.273 e. The topological polar surface area (TPSA) is 78.1 Å². The van der Waals surface area contributed by atoms with Crippen LogP contribution in [0.1, 0.15) is 10.5 Å². The van der Waals surface area contributed by atoms with E-state index in [-0.39, 0.29) is 11.5 Å². The van der Waals surface area contributed by atoms with Gasteiger partial charge in [-0.05, 0) is 11.8 Å². The Morgan fingerprint density at radius 2 is 2.06 bits per heavy atom. The zero-order valence-electron chi connectivity index (χ0n) is 9.35.